The van der Waals surface area contributed by atoms with Gasteiger partial charge in [0.2, 0.25) is 0 Å². The Hall–Kier alpha value is -2.27. The second-order valence-corrected chi connectivity index (χ2v) is 5.36. The van der Waals surface area contributed by atoms with Gasteiger partial charge < -0.3 is 5.32 Å². The molecule has 0 amide bonds. The normalized spacial score (nSPS) is 16.4. The van der Waals surface area contributed by atoms with Gasteiger partial charge in [-0.25, -0.2) is 15.0 Å². The zero-order valence-electron chi connectivity index (χ0n) is 11.7. The van der Waals surface area contributed by atoms with E-state index in [1.54, 1.807) is 0 Å². The molecule has 21 heavy (non-hydrogen) atoms. The molecule has 1 fully saturated rings. The fourth-order valence-electron chi connectivity index (χ4n) is 3.00. The third-order valence-electron chi connectivity index (χ3n) is 4.02. The molecule has 4 heterocycles. The van der Waals surface area contributed by atoms with Crippen LogP contribution in [-0.2, 0) is 0 Å². The molecule has 0 radical (unpaired) electrons. The second kappa shape index (κ2) is 5.26. The largest absolute Gasteiger partial charge is 0.317 e. The Morgan fingerprint density at radius 1 is 1.00 bits per heavy atom. The third-order valence-corrected chi connectivity index (χ3v) is 4.02. The molecular weight excluding hydrogens is 262 g/mol. The maximum atomic E-state index is 4.85. The van der Waals surface area contributed by atoms with E-state index in [0.717, 1.165) is 48.7 Å². The van der Waals surface area contributed by atoms with Crippen LogP contribution in [0.3, 0.4) is 0 Å². The molecule has 1 aliphatic heterocycles. The molecule has 0 saturated carbocycles. The number of imidazole rings is 1. The van der Waals surface area contributed by atoms with E-state index in [4.69, 9.17) is 4.98 Å². The van der Waals surface area contributed by atoms with Crippen LogP contribution in [0.4, 0.5) is 0 Å². The van der Waals surface area contributed by atoms with Gasteiger partial charge in [0.25, 0.3) is 0 Å². The first-order valence-electron chi connectivity index (χ1n) is 7.39. The van der Waals surface area contributed by atoms with Gasteiger partial charge in [-0.1, -0.05) is 6.07 Å². The third kappa shape index (κ3) is 2.19. The standard InChI is InChI=1S/C16H17N5/c1-2-8-18-14(5-1)21-15(12-6-10-17-11-7-12)20-13-4-3-9-19-16(13)21/h1-5,8-9,12,17H,6-7,10-11H2. The van der Waals surface area contributed by atoms with Gasteiger partial charge in [-0.3, -0.25) is 4.57 Å². The summed E-state index contributed by atoms with van der Waals surface area (Å²) in [6.07, 6.45) is 5.85. The van der Waals surface area contributed by atoms with Crippen molar-refractivity contribution in [1.82, 2.24) is 24.8 Å². The van der Waals surface area contributed by atoms with Crippen LogP contribution in [-0.4, -0.2) is 32.6 Å². The number of pyridine rings is 2. The van der Waals surface area contributed by atoms with E-state index in [0.29, 0.717) is 5.92 Å². The lowest BCUT2D eigenvalue weighted by molar-refractivity contribution is 0.442. The number of fused-ring (bicyclic) bond motifs is 1. The smallest absolute Gasteiger partial charge is 0.165 e. The second-order valence-electron chi connectivity index (χ2n) is 5.36. The summed E-state index contributed by atoms with van der Waals surface area (Å²) in [6, 6.07) is 9.90. The number of hydrogen-bond donors (Lipinski definition) is 1. The lowest BCUT2D eigenvalue weighted by Crippen LogP contribution is -2.28. The zero-order chi connectivity index (χ0) is 14.1. The minimum absolute atomic E-state index is 0.461. The molecule has 0 spiro atoms. The highest BCUT2D eigenvalue weighted by Gasteiger charge is 2.23. The summed E-state index contributed by atoms with van der Waals surface area (Å²) in [4.78, 5) is 13.9. The zero-order valence-corrected chi connectivity index (χ0v) is 11.7. The predicted molar refractivity (Wildman–Crippen MR) is 81.5 cm³/mol. The molecule has 0 atom stereocenters. The van der Waals surface area contributed by atoms with Gasteiger partial charge >= 0.3 is 0 Å². The molecular formula is C16H17N5. The van der Waals surface area contributed by atoms with Crippen molar-refractivity contribution in [3.05, 3.63) is 48.5 Å². The average molecular weight is 279 g/mol. The van der Waals surface area contributed by atoms with E-state index in [1.165, 1.54) is 0 Å². The molecule has 4 rings (SSSR count). The topological polar surface area (TPSA) is 55.6 Å². The number of hydrogen-bond acceptors (Lipinski definition) is 4. The fraction of sp³-hybridized carbons (Fsp3) is 0.312. The average Bonchev–Trinajstić information content (AvgIpc) is 2.96. The SMILES string of the molecule is c1ccc(-n2c(C3CCNCC3)nc3cccnc32)nc1. The van der Waals surface area contributed by atoms with E-state index in [1.807, 2.05) is 42.7 Å². The Balaban J connectivity index is 1.92. The summed E-state index contributed by atoms with van der Waals surface area (Å²) in [6.45, 7) is 2.09. The number of aromatic nitrogens is 4. The first-order chi connectivity index (χ1) is 10.4. The van der Waals surface area contributed by atoms with E-state index in [-0.39, 0.29) is 0 Å². The molecule has 0 bridgehead atoms. The molecule has 0 aliphatic carbocycles. The number of nitrogens with zero attached hydrogens (tertiary/aromatic N) is 4. The molecule has 0 unspecified atom stereocenters. The highest BCUT2D eigenvalue weighted by molar-refractivity contribution is 5.73. The van der Waals surface area contributed by atoms with Crippen LogP contribution < -0.4 is 5.32 Å². The van der Waals surface area contributed by atoms with Gasteiger partial charge in [0.05, 0.1) is 0 Å². The fourth-order valence-corrected chi connectivity index (χ4v) is 3.00. The highest BCUT2D eigenvalue weighted by atomic mass is 15.2. The molecule has 3 aromatic rings. The Kier molecular flexibility index (Phi) is 3.12. The first kappa shape index (κ1) is 12.5. The van der Waals surface area contributed by atoms with Gasteiger partial charge in [-0.05, 0) is 50.2 Å². The van der Waals surface area contributed by atoms with Crippen molar-refractivity contribution in [2.45, 2.75) is 18.8 Å². The number of piperidine rings is 1. The molecule has 3 aromatic heterocycles. The van der Waals surface area contributed by atoms with Gasteiger partial charge in [-0.15, -0.1) is 0 Å². The number of nitrogens with one attached hydrogen (secondary N) is 1. The Morgan fingerprint density at radius 3 is 2.67 bits per heavy atom. The summed E-state index contributed by atoms with van der Waals surface area (Å²) in [5.74, 6) is 2.44. The van der Waals surface area contributed by atoms with E-state index in [2.05, 4.69) is 19.9 Å². The maximum absolute atomic E-state index is 4.85. The van der Waals surface area contributed by atoms with Gasteiger partial charge in [0, 0.05) is 18.3 Å². The minimum Gasteiger partial charge on any atom is -0.317 e. The monoisotopic (exact) mass is 279 g/mol. The van der Waals surface area contributed by atoms with Crippen molar-refractivity contribution in [1.29, 1.82) is 0 Å². The maximum Gasteiger partial charge on any atom is 0.165 e. The highest BCUT2D eigenvalue weighted by Crippen LogP contribution is 2.29. The van der Waals surface area contributed by atoms with Crippen molar-refractivity contribution in [3.63, 3.8) is 0 Å². The lowest BCUT2D eigenvalue weighted by Gasteiger charge is -2.22. The van der Waals surface area contributed by atoms with Crippen LogP contribution in [0.1, 0.15) is 24.6 Å². The quantitative estimate of drug-likeness (QED) is 0.782. The van der Waals surface area contributed by atoms with Crippen LogP contribution >= 0.6 is 0 Å². The van der Waals surface area contributed by atoms with Crippen LogP contribution in [0.5, 0.6) is 0 Å². The first-order valence-corrected chi connectivity index (χ1v) is 7.39. The Morgan fingerprint density at radius 2 is 1.86 bits per heavy atom. The minimum atomic E-state index is 0.461. The molecule has 106 valence electrons. The van der Waals surface area contributed by atoms with Gasteiger partial charge in [0.15, 0.2) is 5.65 Å². The molecule has 5 heteroatoms. The van der Waals surface area contributed by atoms with Crippen molar-refractivity contribution in [3.8, 4) is 5.82 Å². The predicted octanol–water partition coefficient (Wildman–Crippen LogP) is 2.28. The van der Waals surface area contributed by atoms with Crippen molar-refractivity contribution in [2.75, 3.05) is 13.1 Å². The molecule has 5 nitrogen and oxygen atoms in total. The summed E-state index contributed by atoms with van der Waals surface area (Å²) in [5, 5.41) is 3.41. The molecule has 1 saturated heterocycles. The van der Waals surface area contributed by atoms with Crippen molar-refractivity contribution < 1.29 is 0 Å². The Labute approximate surface area is 123 Å². The van der Waals surface area contributed by atoms with Crippen LogP contribution in [0, 0.1) is 0 Å². The van der Waals surface area contributed by atoms with Gasteiger partial charge in [0.1, 0.15) is 17.2 Å². The van der Waals surface area contributed by atoms with E-state index < -0.39 is 0 Å². The number of rotatable bonds is 2. The van der Waals surface area contributed by atoms with Crippen LogP contribution in [0.25, 0.3) is 17.0 Å². The summed E-state index contributed by atoms with van der Waals surface area (Å²) in [5.41, 5.74) is 1.83. The molecule has 1 N–H and O–H groups in total. The van der Waals surface area contributed by atoms with E-state index in [9.17, 15) is 0 Å². The molecule has 0 aromatic carbocycles. The molecule has 1 aliphatic rings. The van der Waals surface area contributed by atoms with Crippen LogP contribution in [0.2, 0.25) is 0 Å². The van der Waals surface area contributed by atoms with Crippen LogP contribution in [0.15, 0.2) is 42.7 Å². The lowest BCUT2D eigenvalue weighted by atomic mass is 9.97. The summed E-state index contributed by atoms with van der Waals surface area (Å²) >= 11 is 0. The summed E-state index contributed by atoms with van der Waals surface area (Å²) in [7, 11) is 0. The van der Waals surface area contributed by atoms with Crippen molar-refractivity contribution in [2.24, 2.45) is 0 Å². The summed E-state index contributed by atoms with van der Waals surface area (Å²) < 4.78 is 2.12. The Bertz CT molecular complexity index is 744. The van der Waals surface area contributed by atoms with Gasteiger partial charge in [-0.2, -0.15) is 0 Å². The van der Waals surface area contributed by atoms with Crippen molar-refractivity contribution >= 4 is 11.2 Å². The van der Waals surface area contributed by atoms with E-state index >= 15 is 0 Å².